The van der Waals surface area contributed by atoms with Crippen molar-refractivity contribution in [3.05, 3.63) is 59.2 Å². The highest BCUT2D eigenvalue weighted by Crippen LogP contribution is 2.31. The van der Waals surface area contributed by atoms with Gasteiger partial charge in [0.15, 0.2) is 0 Å². The average molecular weight is 410 g/mol. The van der Waals surface area contributed by atoms with Crippen molar-refractivity contribution < 1.29 is 14.3 Å². The van der Waals surface area contributed by atoms with E-state index in [2.05, 4.69) is 40.4 Å². The molecule has 1 saturated heterocycles. The van der Waals surface area contributed by atoms with E-state index >= 15 is 0 Å². The van der Waals surface area contributed by atoms with E-state index in [0.29, 0.717) is 12.1 Å². The van der Waals surface area contributed by atoms with Crippen molar-refractivity contribution in [2.24, 2.45) is 0 Å². The SMILES string of the molecule is COc1ccc(C(=O)NC[C@@H](c2ccc3c(c2)CCCN3C)N2CCOCC2)cc1. The van der Waals surface area contributed by atoms with Crippen LogP contribution in [0.1, 0.15) is 33.9 Å². The van der Waals surface area contributed by atoms with Crippen LogP contribution in [-0.2, 0) is 11.2 Å². The third kappa shape index (κ3) is 4.60. The van der Waals surface area contributed by atoms with Crippen LogP contribution in [0.5, 0.6) is 5.75 Å². The molecular weight excluding hydrogens is 378 g/mol. The fourth-order valence-electron chi connectivity index (χ4n) is 4.39. The molecular formula is C24H31N3O3. The number of amides is 1. The molecule has 0 saturated carbocycles. The van der Waals surface area contributed by atoms with Gasteiger partial charge in [0.25, 0.3) is 5.91 Å². The molecule has 160 valence electrons. The number of anilines is 1. The number of carbonyl (C=O) groups excluding carboxylic acids is 1. The van der Waals surface area contributed by atoms with Gasteiger partial charge in [-0.25, -0.2) is 0 Å². The summed E-state index contributed by atoms with van der Waals surface area (Å²) in [5.74, 6) is 0.686. The molecule has 2 aromatic rings. The van der Waals surface area contributed by atoms with Gasteiger partial charge >= 0.3 is 0 Å². The topological polar surface area (TPSA) is 54.0 Å². The maximum absolute atomic E-state index is 12.7. The fourth-order valence-corrected chi connectivity index (χ4v) is 4.39. The molecule has 0 radical (unpaired) electrons. The Balaban J connectivity index is 1.52. The Labute approximate surface area is 178 Å². The lowest BCUT2D eigenvalue weighted by Crippen LogP contribution is -2.44. The van der Waals surface area contributed by atoms with Gasteiger partial charge in [-0.1, -0.05) is 12.1 Å². The summed E-state index contributed by atoms with van der Waals surface area (Å²) in [5, 5.41) is 3.15. The van der Waals surface area contributed by atoms with Gasteiger partial charge in [-0.3, -0.25) is 9.69 Å². The van der Waals surface area contributed by atoms with E-state index in [1.54, 1.807) is 19.2 Å². The molecule has 4 rings (SSSR count). The maximum Gasteiger partial charge on any atom is 0.251 e. The molecule has 0 aliphatic carbocycles. The van der Waals surface area contributed by atoms with Gasteiger partial charge in [0.05, 0.1) is 26.4 Å². The summed E-state index contributed by atoms with van der Waals surface area (Å²) in [6.07, 6.45) is 2.30. The van der Waals surface area contributed by atoms with Crippen LogP contribution in [0.2, 0.25) is 0 Å². The number of fused-ring (bicyclic) bond motifs is 1. The largest absolute Gasteiger partial charge is 0.497 e. The summed E-state index contributed by atoms with van der Waals surface area (Å²) in [6, 6.07) is 14.2. The third-order valence-electron chi connectivity index (χ3n) is 6.13. The second-order valence-electron chi connectivity index (χ2n) is 8.02. The maximum atomic E-state index is 12.7. The zero-order chi connectivity index (χ0) is 20.9. The average Bonchev–Trinajstić information content (AvgIpc) is 2.80. The minimum Gasteiger partial charge on any atom is -0.497 e. The normalized spacial score (nSPS) is 17.9. The van der Waals surface area contributed by atoms with E-state index in [0.717, 1.165) is 45.0 Å². The van der Waals surface area contributed by atoms with Crippen LogP contribution in [0.25, 0.3) is 0 Å². The van der Waals surface area contributed by atoms with Crippen molar-refractivity contribution >= 4 is 11.6 Å². The van der Waals surface area contributed by atoms with Gasteiger partial charge in [-0.15, -0.1) is 0 Å². The van der Waals surface area contributed by atoms with Gasteiger partial charge in [-0.05, 0) is 54.3 Å². The first-order valence-corrected chi connectivity index (χ1v) is 10.7. The lowest BCUT2D eigenvalue weighted by atomic mass is 9.95. The van der Waals surface area contributed by atoms with Crippen LogP contribution in [0, 0.1) is 0 Å². The number of hydrogen-bond acceptors (Lipinski definition) is 5. The Morgan fingerprint density at radius 3 is 2.63 bits per heavy atom. The van der Waals surface area contributed by atoms with E-state index in [-0.39, 0.29) is 11.9 Å². The predicted molar refractivity (Wildman–Crippen MR) is 118 cm³/mol. The van der Waals surface area contributed by atoms with Crippen molar-refractivity contribution in [2.45, 2.75) is 18.9 Å². The minimum absolute atomic E-state index is 0.0615. The molecule has 0 aromatic heterocycles. The van der Waals surface area contributed by atoms with Crippen molar-refractivity contribution in [1.82, 2.24) is 10.2 Å². The van der Waals surface area contributed by atoms with Crippen molar-refractivity contribution in [3.8, 4) is 5.75 Å². The van der Waals surface area contributed by atoms with Gasteiger partial charge in [0.1, 0.15) is 5.75 Å². The molecule has 2 aliphatic heterocycles. The molecule has 2 aromatic carbocycles. The van der Waals surface area contributed by atoms with Gasteiger partial charge < -0.3 is 19.7 Å². The summed E-state index contributed by atoms with van der Waals surface area (Å²) in [5.41, 5.74) is 4.64. The minimum atomic E-state index is -0.0615. The Morgan fingerprint density at radius 1 is 1.13 bits per heavy atom. The number of nitrogens with zero attached hydrogens (tertiary/aromatic N) is 2. The van der Waals surface area contributed by atoms with E-state index in [1.165, 1.54) is 23.2 Å². The summed E-state index contributed by atoms with van der Waals surface area (Å²) >= 11 is 0. The highest BCUT2D eigenvalue weighted by atomic mass is 16.5. The van der Waals surface area contributed by atoms with Crippen LogP contribution < -0.4 is 15.0 Å². The number of nitrogens with one attached hydrogen (secondary N) is 1. The van der Waals surface area contributed by atoms with Crippen LogP contribution in [0.4, 0.5) is 5.69 Å². The number of benzene rings is 2. The summed E-state index contributed by atoms with van der Waals surface area (Å²) in [6.45, 7) is 4.89. The molecule has 1 amide bonds. The summed E-state index contributed by atoms with van der Waals surface area (Å²) in [4.78, 5) is 17.5. The van der Waals surface area contributed by atoms with Gasteiger partial charge in [0, 0.05) is 44.5 Å². The van der Waals surface area contributed by atoms with Crippen molar-refractivity contribution in [2.75, 3.05) is 58.5 Å². The number of ether oxygens (including phenoxy) is 2. The van der Waals surface area contributed by atoms with Crippen LogP contribution in [-0.4, -0.2) is 64.4 Å². The molecule has 2 aliphatic rings. The third-order valence-corrected chi connectivity index (χ3v) is 6.13. The van der Waals surface area contributed by atoms with E-state index < -0.39 is 0 Å². The number of rotatable bonds is 6. The Hall–Kier alpha value is -2.57. The number of carbonyl (C=O) groups is 1. The molecule has 6 heteroatoms. The Kier molecular flexibility index (Phi) is 6.55. The predicted octanol–water partition coefficient (Wildman–Crippen LogP) is 2.88. The summed E-state index contributed by atoms with van der Waals surface area (Å²) < 4.78 is 10.7. The molecule has 1 fully saturated rings. The van der Waals surface area contributed by atoms with Crippen LogP contribution in [0.3, 0.4) is 0 Å². The van der Waals surface area contributed by atoms with Crippen molar-refractivity contribution in [1.29, 1.82) is 0 Å². The van der Waals surface area contributed by atoms with E-state index in [4.69, 9.17) is 9.47 Å². The van der Waals surface area contributed by atoms with Crippen molar-refractivity contribution in [3.63, 3.8) is 0 Å². The zero-order valence-electron chi connectivity index (χ0n) is 17.9. The second-order valence-corrected chi connectivity index (χ2v) is 8.02. The first kappa shape index (κ1) is 20.7. The first-order valence-electron chi connectivity index (χ1n) is 10.7. The number of methoxy groups -OCH3 is 1. The zero-order valence-corrected chi connectivity index (χ0v) is 17.9. The lowest BCUT2D eigenvalue weighted by Gasteiger charge is -2.36. The molecule has 6 nitrogen and oxygen atoms in total. The molecule has 1 N–H and O–H groups in total. The highest BCUT2D eigenvalue weighted by molar-refractivity contribution is 5.94. The Morgan fingerprint density at radius 2 is 1.90 bits per heavy atom. The molecule has 0 bridgehead atoms. The van der Waals surface area contributed by atoms with Crippen LogP contribution in [0.15, 0.2) is 42.5 Å². The van der Waals surface area contributed by atoms with E-state index in [1.807, 2.05) is 12.1 Å². The number of aryl methyl sites for hydroxylation is 1. The molecule has 1 atom stereocenters. The highest BCUT2D eigenvalue weighted by Gasteiger charge is 2.25. The Bertz CT molecular complexity index is 862. The van der Waals surface area contributed by atoms with E-state index in [9.17, 15) is 4.79 Å². The molecule has 2 heterocycles. The monoisotopic (exact) mass is 409 g/mol. The molecule has 0 spiro atoms. The molecule has 30 heavy (non-hydrogen) atoms. The number of hydrogen-bond donors (Lipinski definition) is 1. The van der Waals surface area contributed by atoms with Gasteiger partial charge in [-0.2, -0.15) is 0 Å². The quantitative estimate of drug-likeness (QED) is 0.795. The summed E-state index contributed by atoms with van der Waals surface area (Å²) in [7, 11) is 3.78. The lowest BCUT2D eigenvalue weighted by molar-refractivity contribution is 0.0162. The first-order chi connectivity index (χ1) is 14.7. The fraction of sp³-hybridized carbons (Fsp3) is 0.458. The smallest absolute Gasteiger partial charge is 0.251 e. The molecule has 0 unspecified atom stereocenters. The standard InChI is InChI=1S/C24H31N3O3/c1-26-11-3-4-19-16-20(7-10-22(19)26)23(27-12-14-30-15-13-27)17-25-24(28)18-5-8-21(29-2)9-6-18/h5-10,16,23H,3-4,11-15,17H2,1-2H3,(H,25,28)/t23-/m0/s1. The number of morpholine rings is 1. The van der Waals surface area contributed by atoms with Crippen LogP contribution >= 0.6 is 0 Å². The second kappa shape index (κ2) is 9.49. The van der Waals surface area contributed by atoms with Gasteiger partial charge in [0.2, 0.25) is 0 Å².